The molecule has 1 unspecified atom stereocenters. The van der Waals surface area contributed by atoms with Gasteiger partial charge in [-0.25, -0.2) is 0 Å². The maximum Gasteiger partial charge on any atom is 0.308 e. The molecular formula is C15H22N2O3. The molecule has 1 atom stereocenters. The second kappa shape index (κ2) is 7.38. The van der Waals surface area contributed by atoms with Crippen molar-refractivity contribution in [2.75, 3.05) is 26.8 Å². The van der Waals surface area contributed by atoms with E-state index in [1.165, 1.54) is 18.2 Å². The average Bonchev–Trinajstić information content (AvgIpc) is 2.48. The van der Waals surface area contributed by atoms with Crippen LogP contribution in [0.4, 0.5) is 0 Å². The van der Waals surface area contributed by atoms with Gasteiger partial charge in [-0.2, -0.15) is 0 Å². The normalized spacial score (nSPS) is 19.8. The van der Waals surface area contributed by atoms with Crippen molar-refractivity contribution in [1.29, 1.82) is 0 Å². The summed E-state index contributed by atoms with van der Waals surface area (Å²) in [6.45, 7) is 3.65. The Bertz CT molecular complexity index is 450. The number of morpholine rings is 1. The van der Waals surface area contributed by atoms with E-state index >= 15 is 0 Å². The third-order valence-electron chi connectivity index (χ3n) is 3.58. The zero-order chi connectivity index (χ0) is 14.4. The van der Waals surface area contributed by atoms with E-state index in [0.29, 0.717) is 19.6 Å². The molecule has 1 heterocycles. The Morgan fingerprint density at radius 3 is 2.90 bits per heavy atom. The first-order valence-corrected chi connectivity index (χ1v) is 6.90. The van der Waals surface area contributed by atoms with E-state index in [-0.39, 0.29) is 12.1 Å². The summed E-state index contributed by atoms with van der Waals surface area (Å²) in [5.74, 6) is -0.223. The van der Waals surface area contributed by atoms with Gasteiger partial charge in [0.25, 0.3) is 0 Å². The highest BCUT2D eigenvalue weighted by molar-refractivity contribution is 5.69. The lowest BCUT2D eigenvalue weighted by atomic mass is 10.1. The van der Waals surface area contributed by atoms with Crippen molar-refractivity contribution in [2.45, 2.75) is 25.6 Å². The second-order valence-electron chi connectivity index (χ2n) is 4.98. The van der Waals surface area contributed by atoms with Gasteiger partial charge in [0.05, 0.1) is 26.2 Å². The Morgan fingerprint density at radius 2 is 2.20 bits per heavy atom. The van der Waals surface area contributed by atoms with Crippen LogP contribution < -0.4 is 5.73 Å². The SMILES string of the molecule is COC(=O)CC1CN(Cc2ccccc2CN)CCO1. The van der Waals surface area contributed by atoms with Crippen LogP contribution in [0.15, 0.2) is 24.3 Å². The molecule has 0 spiro atoms. The van der Waals surface area contributed by atoms with E-state index in [4.69, 9.17) is 10.5 Å². The number of nitrogens with zero attached hydrogens (tertiary/aromatic N) is 1. The zero-order valence-electron chi connectivity index (χ0n) is 11.9. The Kier molecular flexibility index (Phi) is 5.52. The van der Waals surface area contributed by atoms with Crippen LogP contribution in [0, 0.1) is 0 Å². The van der Waals surface area contributed by atoms with Gasteiger partial charge in [-0.1, -0.05) is 24.3 Å². The molecule has 1 aromatic rings. The second-order valence-corrected chi connectivity index (χ2v) is 4.98. The number of carbonyl (C=O) groups excluding carboxylic acids is 1. The Labute approximate surface area is 119 Å². The minimum Gasteiger partial charge on any atom is -0.469 e. The van der Waals surface area contributed by atoms with Gasteiger partial charge >= 0.3 is 5.97 Å². The standard InChI is InChI=1S/C15H22N2O3/c1-19-15(18)8-14-11-17(6-7-20-14)10-13-5-3-2-4-12(13)9-16/h2-5,14H,6-11,16H2,1H3. The van der Waals surface area contributed by atoms with E-state index in [9.17, 15) is 4.79 Å². The van der Waals surface area contributed by atoms with Gasteiger partial charge in [-0.3, -0.25) is 9.69 Å². The smallest absolute Gasteiger partial charge is 0.308 e. The summed E-state index contributed by atoms with van der Waals surface area (Å²) in [6.07, 6.45) is 0.229. The van der Waals surface area contributed by atoms with Gasteiger partial charge in [-0.15, -0.1) is 0 Å². The Hall–Kier alpha value is -1.43. The number of rotatable bonds is 5. The lowest BCUT2D eigenvalue weighted by molar-refractivity contribution is -0.145. The molecule has 0 bridgehead atoms. The largest absolute Gasteiger partial charge is 0.469 e. The summed E-state index contributed by atoms with van der Waals surface area (Å²) in [5, 5.41) is 0. The molecule has 2 N–H and O–H groups in total. The van der Waals surface area contributed by atoms with E-state index in [1.54, 1.807) is 0 Å². The van der Waals surface area contributed by atoms with E-state index < -0.39 is 0 Å². The van der Waals surface area contributed by atoms with Crippen LogP contribution in [0.3, 0.4) is 0 Å². The van der Waals surface area contributed by atoms with Gasteiger partial charge < -0.3 is 15.2 Å². The molecule has 1 saturated heterocycles. The quantitative estimate of drug-likeness (QED) is 0.811. The highest BCUT2D eigenvalue weighted by Gasteiger charge is 2.23. The van der Waals surface area contributed by atoms with Crippen molar-refractivity contribution in [3.05, 3.63) is 35.4 Å². The van der Waals surface area contributed by atoms with Crippen LogP contribution in [0.1, 0.15) is 17.5 Å². The highest BCUT2D eigenvalue weighted by atomic mass is 16.5. The van der Waals surface area contributed by atoms with Crippen molar-refractivity contribution in [3.63, 3.8) is 0 Å². The monoisotopic (exact) mass is 278 g/mol. The Morgan fingerprint density at radius 1 is 1.45 bits per heavy atom. The minimum absolute atomic E-state index is 0.0822. The third kappa shape index (κ3) is 4.03. The summed E-state index contributed by atoms with van der Waals surface area (Å²) < 4.78 is 10.3. The molecular weight excluding hydrogens is 256 g/mol. The number of hydrogen-bond acceptors (Lipinski definition) is 5. The predicted molar refractivity (Wildman–Crippen MR) is 76.0 cm³/mol. The van der Waals surface area contributed by atoms with Gasteiger partial charge in [0.15, 0.2) is 0 Å². The van der Waals surface area contributed by atoms with Gasteiger partial charge in [0.1, 0.15) is 0 Å². The van der Waals surface area contributed by atoms with E-state index in [0.717, 1.165) is 19.6 Å². The summed E-state index contributed by atoms with van der Waals surface area (Å²) >= 11 is 0. The molecule has 110 valence electrons. The molecule has 0 aliphatic carbocycles. The van der Waals surface area contributed by atoms with E-state index in [2.05, 4.69) is 21.8 Å². The molecule has 1 fully saturated rings. The molecule has 1 aliphatic heterocycles. The lowest BCUT2D eigenvalue weighted by Crippen LogP contribution is -2.43. The number of carbonyl (C=O) groups is 1. The number of esters is 1. The summed E-state index contributed by atoms with van der Waals surface area (Å²) in [7, 11) is 1.40. The van der Waals surface area contributed by atoms with Crippen LogP contribution in [-0.4, -0.2) is 43.8 Å². The lowest BCUT2D eigenvalue weighted by Gasteiger charge is -2.32. The first-order valence-electron chi connectivity index (χ1n) is 6.90. The summed E-state index contributed by atoms with van der Waals surface area (Å²) in [4.78, 5) is 13.6. The first-order chi connectivity index (χ1) is 9.72. The maximum atomic E-state index is 11.3. The fourth-order valence-electron chi connectivity index (χ4n) is 2.47. The molecule has 0 saturated carbocycles. The average molecular weight is 278 g/mol. The van der Waals surface area contributed by atoms with Gasteiger partial charge in [0, 0.05) is 26.2 Å². The zero-order valence-corrected chi connectivity index (χ0v) is 11.9. The fourth-order valence-corrected chi connectivity index (χ4v) is 2.47. The van der Waals surface area contributed by atoms with Crippen molar-refractivity contribution < 1.29 is 14.3 Å². The number of ether oxygens (including phenoxy) is 2. The molecule has 20 heavy (non-hydrogen) atoms. The van der Waals surface area contributed by atoms with Crippen LogP contribution in [0.25, 0.3) is 0 Å². The number of nitrogens with two attached hydrogens (primary N) is 1. The summed E-state index contributed by atoms with van der Waals surface area (Å²) in [5.41, 5.74) is 8.18. The van der Waals surface area contributed by atoms with Crippen molar-refractivity contribution in [1.82, 2.24) is 4.90 Å². The predicted octanol–water partition coefficient (Wildman–Crippen LogP) is 0.909. The highest BCUT2D eigenvalue weighted by Crippen LogP contribution is 2.15. The van der Waals surface area contributed by atoms with Crippen LogP contribution in [0.5, 0.6) is 0 Å². The van der Waals surface area contributed by atoms with Crippen molar-refractivity contribution in [3.8, 4) is 0 Å². The van der Waals surface area contributed by atoms with Crippen LogP contribution in [-0.2, 0) is 27.4 Å². The molecule has 2 rings (SSSR count). The third-order valence-corrected chi connectivity index (χ3v) is 3.58. The Balaban J connectivity index is 1.94. The molecule has 0 aromatic heterocycles. The fraction of sp³-hybridized carbons (Fsp3) is 0.533. The molecule has 5 nitrogen and oxygen atoms in total. The number of methoxy groups -OCH3 is 1. The molecule has 0 radical (unpaired) electrons. The van der Waals surface area contributed by atoms with Crippen LogP contribution >= 0.6 is 0 Å². The first kappa shape index (κ1) is 15.0. The number of benzene rings is 1. The van der Waals surface area contributed by atoms with Crippen LogP contribution in [0.2, 0.25) is 0 Å². The molecule has 5 heteroatoms. The number of hydrogen-bond donors (Lipinski definition) is 1. The van der Waals surface area contributed by atoms with Gasteiger partial charge in [-0.05, 0) is 11.1 Å². The minimum atomic E-state index is -0.223. The van der Waals surface area contributed by atoms with E-state index in [1.807, 2.05) is 12.1 Å². The van der Waals surface area contributed by atoms with Crippen molar-refractivity contribution in [2.24, 2.45) is 5.73 Å². The topological polar surface area (TPSA) is 64.8 Å². The maximum absolute atomic E-state index is 11.3. The van der Waals surface area contributed by atoms with Crippen molar-refractivity contribution >= 4 is 5.97 Å². The van der Waals surface area contributed by atoms with Gasteiger partial charge in [0.2, 0.25) is 0 Å². The molecule has 1 aromatic carbocycles. The molecule has 1 aliphatic rings. The summed E-state index contributed by atoms with van der Waals surface area (Å²) in [6, 6.07) is 8.20. The molecule has 0 amide bonds.